The van der Waals surface area contributed by atoms with E-state index in [0.717, 1.165) is 70.6 Å². The normalized spacial score (nSPS) is 35.7. The van der Waals surface area contributed by atoms with Crippen LogP contribution in [0.2, 0.25) is 0 Å². The van der Waals surface area contributed by atoms with Crippen molar-refractivity contribution in [2.45, 2.75) is 215 Å². The number of Topliss-reactive ketones (excluding diaryl/α,β-unsaturated/α-hetero) is 1. The lowest BCUT2D eigenvalue weighted by molar-refractivity contribution is -0.390. The number of amides is 1. The first kappa shape index (κ1) is 51.8. The molecular weight excluding hydrogens is 782 g/mol. The van der Waals surface area contributed by atoms with Crippen molar-refractivity contribution in [3.05, 3.63) is 0 Å². The number of unbranched alkanes of at least 4 members (excludes halogenated alkanes) is 9. The lowest BCUT2D eigenvalue weighted by Gasteiger charge is -2.48. The van der Waals surface area contributed by atoms with Gasteiger partial charge in [0.05, 0.1) is 25.4 Å². The molecule has 346 valence electrons. The highest BCUT2D eigenvalue weighted by Gasteiger charge is 2.54. The predicted molar refractivity (Wildman–Crippen MR) is 207 cm³/mol. The van der Waals surface area contributed by atoms with Crippen LogP contribution in [0.15, 0.2) is 0 Å². The van der Waals surface area contributed by atoms with Crippen molar-refractivity contribution in [3.63, 3.8) is 0 Å². The van der Waals surface area contributed by atoms with Crippen LogP contribution < -0.4 is 5.32 Å². The number of rotatable bonds is 28. The van der Waals surface area contributed by atoms with Gasteiger partial charge in [-0.05, 0) is 46.0 Å². The molecule has 0 aromatic heterocycles. The summed E-state index contributed by atoms with van der Waals surface area (Å²) in [5.74, 6) is 0.177. The van der Waals surface area contributed by atoms with Gasteiger partial charge in [0.2, 0.25) is 5.91 Å². The molecule has 0 radical (unpaired) electrons. The van der Waals surface area contributed by atoms with Crippen LogP contribution in [0.3, 0.4) is 0 Å². The average molecular weight is 856 g/mol. The molecule has 0 bridgehead atoms. The second-order valence-corrected chi connectivity index (χ2v) is 16.2. The molecule has 0 aromatic rings. The molecule has 19 heteroatoms. The summed E-state index contributed by atoms with van der Waals surface area (Å²) in [6.07, 6.45) is -11.2. The number of nitrogens with one attached hydrogen (secondary N) is 1. The van der Waals surface area contributed by atoms with Gasteiger partial charge in [0.15, 0.2) is 18.9 Å². The molecule has 59 heavy (non-hydrogen) atoms. The summed E-state index contributed by atoms with van der Waals surface area (Å²) in [6.45, 7) is 2.36. The fourth-order valence-electron chi connectivity index (χ4n) is 7.40. The number of aliphatic hydroxyl groups excluding tert-OH is 10. The lowest BCUT2D eigenvalue weighted by Crippen LogP contribution is -2.67. The molecule has 3 saturated heterocycles. The Bertz CT molecular complexity index is 1170. The minimum Gasteiger partial charge on any atom is -0.394 e. The Morgan fingerprint density at radius 3 is 1.73 bits per heavy atom. The van der Waals surface area contributed by atoms with E-state index >= 15 is 0 Å². The molecule has 3 heterocycles. The summed E-state index contributed by atoms with van der Waals surface area (Å²) >= 11 is 0. The first-order valence-corrected chi connectivity index (χ1v) is 21.5. The van der Waals surface area contributed by atoms with E-state index in [2.05, 4.69) is 5.32 Å². The zero-order valence-corrected chi connectivity index (χ0v) is 34.6. The number of hydrogen-bond donors (Lipinski definition) is 11. The number of aliphatic hydroxyl groups is 10. The van der Waals surface area contributed by atoms with Crippen molar-refractivity contribution in [2.24, 2.45) is 0 Å². The van der Waals surface area contributed by atoms with Gasteiger partial charge >= 0.3 is 0 Å². The standard InChI is InChI=1S/C40H73NO18/c1-23(44)15-10-6-5-8-12-18-28(46)41-19-14-17-25(45)16-11-7-3-4-9-13-20-54-40-37(59-38-34(52)32(50)29(47)24(2)55-38)36(31(49)27(22-43)57-40)58-39-35(53)33(51)30(48)26(21-42)56-39/h23-24,26-27,29-40,42-44,47-53H,3-22H2,1-2H3,(H,41,46)/t23?,24?,26?,27?,29-,30+,31+,32+,33+,34?,35?,36+,37?,38+,39-,40-/m1/s1. The summed E-state index contributed by atoms with van der Waals surface area (Å²) in [7, 11) is 0. The van der Waals surface area contributed by atoms with Crippen molar-refractivity contribution in [2.75, 3.05) is 26.4 Å². The monoisotopic (exact) mass is 855 g/mol. The Morgan fingerprint density at radius 2 is 1.08 bits per heavy atom. The highest BCUT2D eigenvalue weighted by Crippen LogP contribution is 2.34. The van der Waals surface area contributed by atoms with Crippen LogP contribution in [0, 0.1) is 0 Å². The third-order valence-corrected chi connectivity index (χ3v) is 11.2. The van der Waals surface area contributed by atoms with Gasteiger partial charge in [0, 0.05) is 32.4 Å². The van der Waals surface area contributed by atoms with Crippen LogP contribution in [0.25, 0.3) is 0 Å². The fraction of sp³-hybridized carbons (Fsp3) is 0.950. The smallest absolute Gasteiger partial charge is 0.219 e. The number of ketones is 1. The highest BCUT2D eigenvalue weighted by molar-refractivity contribution is 5.78. The van der Waals surface area contributed by atoms with Crippen LogP contribution >= 0.6 is 0 Å². The SMILES string of the molecule is CC(O)CCCCCCCC(=O)NCCCC(=O)CCCCCCCCO[C@@H]1OC(CO)[C@H](O)[C@H](O[C@H]2OC(CO)[C@H](O)[C@H](O)C2O)C1O[C@@H]1OC(C)[C@@H](O)[C@H](O)C1O. The molecule has 16 atom stereocenters. The Labute approximate surface area is 346 Å². The van der Waals surface area contributed by atoms with Gasteiger partial charge in [-0.3, -0.25) is 9.59 Å². The Morgan fingerprint density at radius 1 is 0.576 bits per heavy atom. The number of carbonyl (C=O) groups excluding carboxylic acids is 2. The van der Waals surface area contributed by atoms with Crippen LogP contribution in [0.5, 0.6) is 0 Å². The maximum absolute atomic E-state index is 12.3. The molecule has 7 unspecified atom stereocenters. The van der Waals surface area contributed by atoms with Crippen molar-refractivity contribution >= 4 is 11.7 Å². The van der Waals surface area contributed by atoms with E-state index < -0.39 is 105 Å². The molecule has 3 aliphatic heterocycles. The second-order valence-electron chi connectivity index (χ2n) is 16.2. The summed E-state index contributed by atoms with van der Waals surface area (Å²) < 4.78 is 34.8. The molecule has 0 aromatic carbocycles. The average Bonchev–Trinajstić information content (AvgIpc) is 3.21. The van der Waals surface area contributed by atoms with Gasteiger partial charge in [-0.25, -0.2) is 0 Å². The van der Waals surface area contributed by atoms with E-state index in [1.807, 2.05) is 0 Å². The third-order valence-electron chi connectivity index (χ3n) is 11.2. The quantitative estimate of drug-likeness (QED) is 0.0411. The van der Waals surface area contributed by atoms with Gasteiger partial charge < -0.3 is 84.8 Å². The van der Waals surface area contributed by atoms with Crippen LogP contribution in [0.1, 0.15) is 117 Å². The maximum Gasteiger partial charge on any atom is 0.219 e. The van der Waals surface area contributed by atoms with Gasteiger partial charge in [-0.2, -0.15) is 0 Å². The predicted octanol–water partition coefficient (Wildman–Crippen LogP) is -1.21. The van der Waals surface area contributed by atoms with Crippen LogP contribution in [-0.2, 0) is 38.0 Å². The summed E-state index contributed by atoms with van der Waals surface area (Å²) in [5, 5.41) is 106. The molecule has 0 saturated carbocycles. The van der Waals surface area contributed by atoms with Gasteiger partial charge in [0.1, 0.15) is 72.9 Å². The molecule has 3 rings (SSSR count). The van der Waals surface area contributed by atoms with E-state index in [1.165, 1.54) is 6.92 Å². The Hall–Kier alpha value is -1.50. The fourth-order valence-corrected chi connectivity index (χ4v) is 7.40. The maximum atomic E-state index is 12.3. The van der Waals surface area contributed by atoms with Gasteiger partial charge in [0.25, 0.3) is 0 Å². The van der Waals surface area contributed by atoms with Gasteiger partial charge in [-0.1, -0.05) is 51.4 Å². The summed E-state index contributed by atoms with van der Waals surface area (Å²) in [5.41, 5.74) is 0. The molecule has 19 nitrogen and oxygen atoms in total. The summed E-state index contributed by atoms with van der Waals surface area (Å²) in [6, 6.07) is 0. The van der Waals surface area contributed by atoms with E-state index in [0.29, 0.717) is 38.6 Å². The van der Waals surface area contributed by atoms with Crippen molar-refractivity contribution in [3.8, 4) is 0 Å². The Balaban J connectivity index is 1.42. The lowest BCUT2D eigenvalue weighted by atomic mass is 9.96. The first-order valence-electron chi connectivity index (χ1n) is 21.5. The van der Waals surface area contributed by atoms with Gasteiger partial charge in [-0.15, -0.1) is 0 Å². The number of carbonyl (C=O) groups is 2. The largest absolute Gasteiger partial charge is 0.394 e. The molecule has 3 aliphatic rings. The number of ether oxygens (including phenoxy) is 6. The minimum absolute atomic E-state index is 0.00949. The second kappa shape index (κ2) is 27.5. The third kappa shape index (κ3) is 17.0. The molecule has 0 aliphatic carbocycles. The van der Waals surface area contributed by atoms with Crippen molar-refractivity contribution < 1.29 is 89.1 Å². The van der Waals surface area contributed by atoms with Crippen molar-refractivity contribution in [1.29, 1.82) is 0 Å². The molecular formula is C40H73NO18. The minimum atomic E-state index is -1.86. The van der Waals surface area contributed by atoms with E-state index in [-0.39, 0.29) is 24.4 Å². The molecule has 0 spiro atoms. The number of hydrogen-bond acceptors (Lipinski definition) is 18. The van der Waals surface area contributed by atoms with E-state index in [9.17, 15) is 60.7 Å². The van der Waals surface area contributed by atoms with Crippen LogP contribution in [0.4, 0.5) is 0 Å². The molecule has 1 amide bonds. The Kier molecular flexibility index (Phi) is 24.2. The molecule has 3 fully saturated rings. The zero-order valence-electron chi connectivity index (χ0n) is 34.6. The van der Waals surface area contributed by atoms with Crippen LogP contribution in [-0.4, -0.2) is 187 Å². The topological polar surface area (TPSA) is 304 Å². The van der Waals surface area contributed by atoms with E-state index in [1.54, 1.807) is 6.92 Å². The molecule has 11 N–H and O–H groups in total. The first-order chi connectivity index (χ1) is 28.2. The van der Waals surface area contributed by atoms with E-state index in [4.69, 9.17) is 28.4 Å². The zero-order chi connectivity index (χ0) is 43.5. The van der Waals surface area contributed by atoms with Crippen molar-refractivity contribution in [1.82, 2.24) is 5.32 Å². The summed E-state index contributed by atoms with van der Waals surface area (Å²) in [4.78, 5) is 24.4. The highest BCUT2D eigenvalue weighted by atomic mass is 16.8.